The Bertz CT molecular complexity index is 193. The van der Waals surface area contributed by atoms with Gasteiger partial charge in [0.15, 0.2) is 0 Å². The van der Waals surface area contributed by atoms with E-state index in [1.807, 2.05) is 0 Å². The zero-order valence-electron chi connectivity index (χ0n) is 8.10. The molecule has 0 heterocycles. The van der Waals surface area contributed by atoms with Crippen LogP contribution in [0.25, 0.3) is 0 Å². The lowest BCUT2D eigenvalue weighted by molar-refractivity contribution is 0.0963. The Kier molecular flexibility index (Phi) is 3.10. The van der Waals surface area contributed by atoms with Gasteiger partial charge in [-0.25, -0.2) is 0 Å². The van der Waals surface area contributed by atoms with Crippen molar-refractivity contribution >= 4 is 0 Å². The number of rotatable bonds is 2. The fraction of sp³-hybridized carbons (Fsp3) is 0.636. The summed E-state index contributed by atoms with van der Waals surface area (Å²) in [5.41, 5.74) is 2.53. The van der Waals surface area contributed by atoms with E-state index in [2.05, 4.69) is 20.1 Å². The second-order valence-electron chi connectivity index (χ2n) is 3.70. The van der Waals surface area contributed by atoms with E-state index in [-0.39, 0.29) is 6.10 Å². The molecule has 2 atom stereocenters. The molecular formula is C11H18O. The molecule has 0 bridgehead atoms. The standard InChI is InChI=1S/C11H18O/c1-8(2)10-6-5-9(3)11(7-10)12-4/h10-11H,1,3,5-7H2,2,4H3/t10-,11+/m0/s1. The van der Waals surface area contributed by atoms with Crippen LogP contribution in [0.1, 0.15) is 26.2 Å². The minimum atomic E-state index is 0.264. The summed E-state index contributed by atoms with van der Waals surface area (Å²) >= 11 is 0. The first-order chi connectivity index (χ1) is 5.65. The molecule has 0 spiro atoms. The summed E-state index contributed by atoms with van der Waals surface area (Å²) in [6.45, 7) is 10.1. The molecule has 1 rings (SSSR count). The molecule has 0 aliphatic heterocycles. The van der Waals surface area contributed by atoms with Crippen LogP contribution in [-0.4, -0.2) is 13.2 Å². The normalized spacial score (nSPS) is 30.3. The predicted molar refractivity (Wildman–Crippen MR) is 52.1 cm³/mol. The number of allylic oxidation sites excluding steroid dienone is 1. The lowest BCUT2D eigenvalue weighted by Crippen LogP contribution is -2.24. The van der Waals surface area contributed by atoms with Crippen molar-refractivity contribution in [1.82, 2.24) is 0 Å². The lowest BCUT2D eigenvalue weighted by Gasteiger charge is -2.30. The van der Waals surface area contributed by atoms with E-state index in [0.717, 1.165) is 12.8 Å². The van der Waals surface area contributed by atoms with Crippen LogP contribution in [-0.2, 0) is 4.74 Å². The first kappa shape index (κ1) is 9.53. The minimum Gasteiger partial charge on any atom is -0.377 e. The Balaban J connectivity index is 2.55. The Labute approximate surface area is 75.1 Å². The highest BCUT2D eigenvalue weighted by Crippen LogP contribution is 2.32. The molecule has 1 fully saturated rings. The molecule has 1 aliphatic carbocycles. The van der Waals surface area contributed by atoms with Gasteiger partial charge in [0.05, 0.1) is 6.10 Å². The van der Waals surface area contributed by atoms with Crippen LogP contribution >= 0.6 is 0 Å². The molecule has 0 aromatic heterocycles. The van der Waals surface area contributed by atoms with Gasteiger partial charge < -0.3 is 4.74 Å². The summed E-state index contributed by atoms with van der Waals surface area (Å²) in [6, 6.07) is 0. The van der Waals surface area contributed by atoms with Crippen LogP contribution < -0.4 is 0 Å². The second-order valence-corrected chi connectivity index (χ2v) is 3.70. The van der Waals surface area contributed by atoms with Gasteiger partial charge in [0, 0.05) is 7.11 Å². The number of ether oxygens (including phenoxy) is 1. The van der Waals surface area contributed by atoms with Crippen molar-refractivity contribution < 1.29 is 4.74 Å². The van der Waals surface area contributed by atoms with E-state index in [1.165, 1.54) is 17.6 Å². The molecular weight excluding hydrogens is 148 g/mol. The maximum absolute atomic E-state index is 5.34. The monoisotopic (exact) mass is 166 g/mol. The molecule has 0 aromatic carbocycles. The molecule has 0 amide bonds. The van der Waals surface area contributed by atoms with E-state index < -0.39 is 0 Å². The molecule has 1 heteroatoms. The molecule has 1 aliphatic rings. The lowest BCUT2D eigenvalue weighted by atomic mass is 9.81. The zero-order chi connectivity index (χ0) is 9.14. The van der Waals surface area contributed by atoms with Crippen molar-refractivity contribution in [1.29, 1.82) is 0 Å². The first-order valence-corrected chi connectivity index (χ1v) is 4.51. The molecule has 0 unspecified atom stereocenters. The van der Waals surface area contributed by atoms with Gasteiger partial charge in [-0.3, -0.25) is 0 Å². The summed E-state index contributed by atoms with van der Waals surface area (Å²) in [5.74, 6) is 0.639. The van der Waals surface area contributed by atoms with Gasteiger partial charge in [0.2, 0.25) is 0 Å². The Morgan fingerprint density at radius 2 is 2.25 bits per heavy atom. The highest BCUT2D eigenvalue weighted by atomic mass is 16.5. The molecule has 68 valence electrons. The molecule has 0 radical (unpaired) electrons. The van der Waals surface area contributed by atoms with Gasteiger partial charge in [-0.1, -0.05) is 18.7 Å². The third-order valence-electron chi connectivity index (χ3n) is 2.75. The largest absolute Gasteiger partial charge is 0.377 e. The summed E-state index contributed by atoms with van der Waals surface area (Å²) in [5, 5.41) is 0. The van der Waals surface area contributed by atoms with Crippen molar-refractivity contribution in [3.05, 3.63) is 24.3 Å². The van der Waals surface area contributed by atoms with Gasteiger partial charge in [-0.2, -0.15) is 0 Å². The fourth-order valence-corrected chi connectivity index (χ4v) is 1.77. The Morgan fingerprint density at radius 1 is 1.58 bits per heavy atom. The quantitative estimate of drug-likeness (QED) is 0.573. The van der Waals surface area contributed by atoms with Crippen LogP contribution in [0.15, 0.2) is 24.3 Å². The molecule has 0 aromatic rings. The highest BCUT2D eigenvalue weighted by Gasteiger charge is 2.24. The molecule has 1 saturated carbocycles. The van der Waals surface area contributed by atoms with Crippen LogP contribution in [0.2, 0.25) is 0 Å². The van der Waals surface area contributed by atoms with E-state index in [1.54, 1.807) is 7.11 Å². The van der Waals surface area contributed by atoms with Gasteiger partial charge in [-0.15, -0.1) is 0 Å². The van der Waals surface area contributed by atoms with E-state index in [4.69, 9.17) is 4.74 Å². The van der Waals surface area contributed by atoms with E-state index >= 15 is 0 Å². The van der Waals surface area contributed by atoms with Crippen molar-refractivity contribution in [3.8, 4) is 0 Å². The van der Waals surface area contributed by atoms with Crippen LogP contribution in [0.4, 0.5) is 0 Å². The summed E-state index contributed by atoms with van der Waals surface area (Å²) in [4.78, 5) is 0. The van der Waals surface area contributed by atoms with Crippen molar-refractivity contribution in [3.63, 3.8) is 0 Å². The molecule has 0 saturated heterocycles. The third kappa shape index (κ3) is 1.98. The third-order valence-corrected chi connectivity index (χ3v) is 2.75. The maximum atomic E-state index is 5.34. The van der Waals surface area contributed by atoms with Crippen molar-refractivity contribution in [2.45, 2.75) is 32.3 Å². The van der Waals surface area contributed by atoms with Crippen LogP contribution in [0.3, 0.4) is 0 Å². The Morgan fingerprint density at radius 3 is 2.75 bits per heavy atom. The van der Waals surface area contributed by atoms with E-state index in [9.17, 15) is 0 Å². The SMILES string of the molecule is C=C(C)[C@H]1CCC(=C)[C@H](OC)C1. The number of hydrogen-bond donors (Lipinski definition) is 0. The average molecular weight is 166 g/mol. The summed E-state index contributed by atoms with van der Waals surface area (Å²) < 4.78 is 5.34. The molecule has 1 nitrogen and oxygen atoms in total. The first-order valence-electron chi connectivity index (χ1n) is 4.51. The summed E-state index contributed by atoms with van der Waals surface area (Å²) in [6.07, 6.45) is 3.63. The molecule has 12 heavy (non-hydrogen) atoms. The average Bonchev–Trinajstić information content (AvgIpc) is 2.05. The highest BCUT2D eigenvalue weighted by molar-refractivity contribution is 5.11. The molecule has 0 N–H and O–H groups in total. The van der Waals surface area contributed by atoms with Crippen molar-refractivity contribution in [2.24, 2.45) is 5.92 Å². The van der Waals surface area contributed by atoms with Gasteiger partial charge in [0.1, 0.15) is 0 Å². The fourth-order valence-electron chi connectivity index (χ4n) is 1.77. The van der Waals surface area contributed by atoms with Crippen LogP contribution in [0, 0.1) is 5.92 Å². The van der Waals surface area contributed by atoms with Gasteiger partial charge in [0.25, 0.3) is 0 Å². The Hall–Kier alpha value is -0.560. The predicted octanol–water partition coefficient (Wildman–Crippen LogP) is 2.93. The van der Waals surface area contributed by atoms with Gasteiger partial charge >= 0.3 is 0 Å². The van der Waals surface area contributed by atoms with Gasteiger partial charge in [-0.05, 0) is 37.7 Å². The number of methoxy groups -OCH3 is 1. The van der Waals surface area contributed by atoms with E-state index in [0.29, 0.717) is 5.92 Å². The number of hydrogen-bond acceptors (Lipinski definition) is 1. The van der Waals surface area contributed by atoms with Crippen molar-refractivity contribution in [2.75, 3.05) is 7.11 Å². The topological polar surface area (TPSA) is 9.23 Å². The second kappa shape index (κ2) is 3.90. The minimum absolute atomic E-state index is 0.264. The summed E-state index contributed by atoms with van der Waals surface area (Å²) in [7, 11) is 1.76. The van der Waals surface area contributed by atoms with Crippen LogP contribution in [0.5, 0.6) is 0 Å². The smallest absolute Gasteiger partial charge is 0.0784 e. The maximum Gasteiger partial charge on any atom is 0.0784 e. The zero-order valence-corrected chi connectivity index (χ0v) is 8.10.